The molecule has 1 N–H and O–H groups in total. The van der Waals surface area contributed by atoms with Crippen LogP contribution >= 0.6 is 0 Å². The molecule has 0 unspecified atom stereocenters. The SMILES string of the molecule is C[C@@H]1c2nc(CC(=O)NCc3cccnc3)cn2CCN1C(=O)c1cn(C)c2ccccc12. The first-order valence-electron chi connectivity index (χ1n) is 11.1. The Bertz CT molecular complexity index is 1320. The lowest BCUT2D eigenvalue weighted by Crippen LogP contribution is -2.41. The topological polar surface area (TPSA) is 85.1 Å². The lowest BCUT2D eigenvalue weighted by molar-refractivity contribution is -0.120. The number of nitrogens with zero attached hydrogens (tertiary/aromatic N) is 5. The summed E-state index contributed by atoms with van der Waals surface area (Å²) in [6.45, 7) is 3.68. The van der Waals surface area contributed by atoms with Gasteiger partial charge < -0.3 is 19.4 Å². The molecule has 168 valence electrons. The van der Waals surface area contributed by atoms with Crippen molar-refractivity contribution in [1.29, 1.82) is 0 Å². The quantitative estimate of drug-likeness (QED) is 0.515. The molecule has 5 rings (SSSR count). The summed E-state index contributed by atoms with van der Waals surface area (Å²) in [5.74, 6) is 0.722. The lowest BCUT2D eigenvalue weighted by atomic mass is 10.1. The molecule has 4 heterocycles. The van der Waals surface area contributed by atoms with Crippen LogP contribution in [0.4, 0.5) is 0 Å². The van der Waals surface area contributed by atoms with E-state index in [1.165, 1.54) is 0 Å². The summed E-state index contributed by atoms with van der Waals surface area (Å²) < 4.78 is 4.04. The average molecular weight is 443 g/mol. The second-order valence-corrected chi connectivity index (χ2v) is 8.44. The summed E-state index contributed by atoms with van der Waals surface area (Å²) in [6.07, 6.45) is 7.47. The van der Waals surface area contributed by atoms with Crippen molar-refractivity contribution in [3.8, 4) is 0 Å². The van der Waals surface area contributed by atoms with Crippen molar-refractivity contribution < 1.29 is 9.59 Å². The van der Waals surface area contributed by atoms with E-state index >= 15 is 0 Å². The molecule has 0 saturated carbocycles. The number of benzene rings is 1. The van der Waals surface area contributed by atoms with Gasteiger partial charge in [0, 0.05) is 62.4 Å². The molecule has 0 fully saturated rings. The molecular formula is C25H26N6O2. The van der Waals surface area contributed by atoms with Gasteiger partial charge in [0.25, 0.3) is 5.91 Å². The first-order valence-corrected chi connectivity index (χ1v) is 11.1. The Kier molecular flexibility index (Phi) is 5.42. The molecule has 33 heavy (non-hydrogen) atoms. The lowest BCUT2D eigenvalue weighted by Gasteiger charge is -2.33. The minimum absolute atomic E-state index is 0.00399. The van der Waals surface area contributed by atoms with Gasteiger partial charge in [0.15, 0.2) is 0 Å². The molecule has 1 aromatic carbocycles. The number of carbonyl (C=O) groups is 2. The summed E-state index contributed by atoms with van der Waals surface area (Å²) in [4.78, 5) is 36.5. The van der Waals surface area contributed by atoms with Gasteiger partial charge in [-0.1, -0.05) is 24.3 Å². The average Bonchev–Trinajstić information content (AvgIpc) is 3.40. The summed E-state index contributed by atoms with van der Waals surface area (Å²) >= 11 is 0. The van der Waals surface area contributed by atoms with Crippen LogP contribution in [0.1, 0.15) is 40.4 Å². The Morgan fingerprint density at radius 2 is 1.97 bits per heavy atom. The molecule has 1 aliphatic rings. The Hall–Kier alpha value is -3.94. The van der Waals surface area contributed by atoms with Crippen molar-refractivity contribution in [3.63, 3.8) is 0 Å². The molecule has 0 aliphatic carbocycles. The van der Waals surface area contributed by atoms with Crippen molar-refractivity contribution in [3.05, 3.63) is 83.8 Å². The predicted molar refractivity (Wildman–Crippen MR) is 124 cm³/mol. The number of amides is 2. The standard InChI is InChI=1S/C25H26N6O2/c1-17-24-28-19(12-23(32)27-14-18-6-5-9-26-13-18)15-30(24)10-11-31(17)25(33)21-16-29(2)22-8-4-3-7-20(21)22/h3-9,13,15-17H,10-12,14H2,1-2H3,(H,27,32)/t17-/m1/s1. The van der Waals surface area contributed by atoms with Crippen LogP contribution in [-0.2, 0) is 31.4 Å². The van der Waals surface area contributed by atoms with E-state index in [2.05, 4.69) is 14.9 Å². The number of hydrogen-bond acceptors (Lipinski definition) is 4. The van der Waals surface area contributed by atoms with E-state index in [0.29, 0.717) is 30.9 Å². The number of pyridine rings is 1. The number of hydrogen-bond donors (Lipinski definition) is 1. The van der Waals surface area contributed by atoms with E-state index in [1.807, 2.05) is 72.2 Å². The highest BCUT2D eigenvalue weighted by Gasteiger charge is 2.31. The molecule has 4 aromatic rings. The van der Waals surface area contributed by atoms with Gasteiger partial charge in [0.05, 0.1) is 23.7 Å². The van der Waals surface area contributed by atoms with E-state index in [-0.39, 0.29) is 24.3 Å². The van der Waals surface area contributed by atoms with Gasteiger partial charge in [-0.15, -0.1) is 0 Å². The Balaban J connectivity index is 1.30. The molecular weight excluding hydrogens is 416 g/mol. The Morgan fingerprint density at radius 3 is 2.79 bits per heavy atom. The zero-order chi connectivity index (χ0) is 22.9. The van der Waals surface area contributed by atoms with Crippen LogP contribution in [0.15, 0.2) is 61.2 Å². The van der Waals surface area contributed by atoms with Gasteiger partial charge in [0.2, 0.25) is 5.91 Å². The van der Waals surface area contributed by atoms with Crippen molar-refractivity contribution in [2.75, 3.05) is 6.54 Å². The maximum absolute atomic E-state index is 13.5. The number of rotatable bonds is 5. The summed E-state index contributed by atoms with van der Waals surface area (Å²) in [7, 11) is 1.96. The molecule has 8 nitrogen and oxygen atoms in total. The van der Waals surface area contributed by atoms with Crippen molar-refractivity contribution in [2.24, 2.45) is 7.05 Å². The van der Waals surface area contributed by atoms with E-state index in [1.54, 1.807) is 12.4 Å². The van der Waals surface area contributed by atoms with E-state index in [9.17, 15) is 9.59 Å². The normalized spacial score (nSPS) is 15.5. The van der Waals surface area contributed by atoms with Crippen LogP contribution in [0.25, 0.3) is 10.9 Å². The number of para-hydroxylation sites is 1. The van der Waals surface area contributed by atoms with Gasteiger partial charge >= 0.3 is 0 Å². The van der Waals surface area contributed by atoms with Gasteiger partial charge in [-0.3, -0.25) is 14.6 Å². The van der Waals surface area contributed by atoms with Crippen LogP contribution in [0.2, 0.25) is 0 Å². The monoisotopic (exact) mass is 442 g/mol. The molecule has 1 aliphatic heterocycles. The molecule has 0 spiro atoms. The minimum atomic E-state index is -0.183. The van der Waals surface area contributed by atoms with Crippen LogP contribution in [0.3, 0.4) is 0 Å². The number of nitrogens with one attached hydrogen (secondary N) is 1. The highest BCUT2D eigenvalue weighted by molar-refractivity contribution is 6.07. The van der Waals surface area contributed by atoms with Gasteiger partial charge in [-0.2, -0.15) is 0 Å². The maximum atomic E-state index is 13.5. The van der Waals surface area contributed by atoms with Crippen molar-refractivity contribution >= 4 is 22.7 Å². The fraction of sp³-hybridized carbons (Fsp3) is 0.280. The predicted octanol–water partition coefficient (Wildman–Crippen LogP) is 2.85. The van der Waals surface area contributed by atoms with Gasteiger partial charge in [0.1, 0.15) is 5.82 Å². The second kappa shape index (κ2) is 8.54. The Morgan fingerprint density at radius 1 is 1.12 bits per heavy atom. The summed E-state index contributed by atoms with van der Waals surface area (Å²) in [6, 6.07) is 11.5. The maximum Gasteiger partial charge on any atom is 0.256 e. The first-order chi connectivity index (χ1) is 16.0. The largest absolute Gasteiger partial charge is 0.352 e. The fourth-order valence-corrected chi connectivity index (χ4v) is 4.51. The van der Waals surface area contributed by atoms with Crippen LogP contribution < -0.4 is 5.32 Å². The third-order valence-electron chi connectivity index (χ3n) is 6.22. The van der Waals surface area contributed by atoms with Crippen LogP contribution in [0.5, 0.6) is 0 Å². The van der Waals surface area contributed by atoms with E-state index in [0.717, 1.165) is 22.3 Å². The molecule has 0 radical (unpaired) electrons. The third kappa shape index (κ3) is 4.00. The number of aromatic nitrogens is 4. The smallest absolute Gasteiger partial charge is 0.256 e. The summed E-state index contributed by atoms with van der Waals surface area (Å²) in [5.41, 5.74) is 3.40. The van der Waals surface area contributed by atoms with E-state index < -0.39 is 0 Å². The number of imidazole rings is 1. The molecule has 0 saturated heterocycles. The van der Waals surface area contributed by atoms with Gasteiger partial charge in [-0.05, 0) is 24.6 Å². The molecule has 3 aromatic heterocycles. The fourth-order valence-electron chi connectivity index (χ4n) is 4.51. The van der Waals surface area contributed by atoms with Crippen molar-refractivity contribution in [2.45, 2.75) is 32.5 Å². The molecule has 0 bridgehead atoms. The van der Waals surface area contributed by atoms with Crippen LogP contribution in [0, 0.1) is 0 Å². The number of fused-ring (bicyclic) bond motifs is 2. The van der Waals surface area contributed by atoms with Crippen LogP contribution in [-0.4, -0.2) is 42.4 Å². The van der Waals surface area contributed by atoms with E-state index in [4.69, 9.17) is 4.98 Å². The zero-order valence-electron chi connectivity index (χ0n) is 18.7. The minimum Gasteiger partial charge on any atom is -0.352 e. The Labute approximate surface area is 191 Å². The highest BCUT2D eigenvalue weighted by Crippen LogP contribution is 2.29. The number of aryl methyl sites for hydroxylation is 1. The molecule has 2 amide bonds. The molecule has 8 heteroatoms. The molecule has 1 atom stereocenters. The highest BCUT2D eigenvalue weighted by atomic mass is 16.2. The number of carbonyl (C=O) groups excluding carboxylic acids is 2. The van der Waals surface area contributed by atoms with Gasteiger partial charge in [-0.25, -0.2) is 4.98 Å². The van der Waals surface area contributed by atoms with Crippen molar-refractivity contribution in [1.82, 2.24) is 29.3 Å². The summed E-state index contributed by atoms with van der Waals surface area (Å²) in [5, 5.41) is 3.87. The second-order valence-electron chi connectivity index (χ2n) is 8.44. The third-order valence-corrected chi connectivity index (χ3v) is 6.22. The first kappa shape index (κ1) is 20.9. The zero-order valence-corrected chi connectivity index (χ0v) is 18.7.